The van der Waals surface area contributed by atoms with Crippen LogP contribution in [0.5, 0.6) is 0 Å². The lowest BCUT2D eigenvalue weighted by atomic mass is 9.77. The molecular formula is C17H32N2S. The van der Waals surface area contributed by atoms with Gasteiger partial charge in [-0.25, -0.2) is 4.98 Å². The summed E-state index contributed by atoms with van der Waals surface area (Å²) in [6.45, 7) is 14.5. The van der Waals surface area contributed by atoms with E-state index in [1.54, 1.807) is 0 Å². The quantitative estimate of drug-likeness (QED) is 0.732. The lowest BCUT2D eigenvalue weighted by Crippen LogP contribution is -2.44. The van der Waals surface area contributed by atoms with Crippen LogP contribution in [0.25, 0.3) is 0 Å². The Kier molecular flexibility index (Phi) is 6.67. The second-order valence-electron chi connectivity index (χ2n) is 7.12. The molecule has 2 nitrogen and oxygen atoms in total. The molecule has 0 fully saturated rings. The number of nitrogens with one attached hydrogen (secondary N) is 1. The zero-order chi connectivity index (χ0) is 15.2. The van der Waals surface area contributed by atoms with Crippen LogP contribution >= 0.6 is 11.3 Å². The molecule has 0 amide bonds. The van der Waals surface area contributed by atoms with E-state index in [1.807, 2.05) is 11.3 Å². The Morgan fingerprint density at radius 1 is 1.25 bits per heavy atom. The molecule has 0 radical (unpaired) electrons. The third-order valence-corrected chi connectivity index (χ3v) is 4.96. The zero-order valence-corrected chi connectivity index (χ0v) is 15.0. The van der Waals surface area contributed by atoms with Gasteiger partial charge in [0.25, 0.3) is 0 Å². The molecule has 0 aliphatic carbocycles. The van der Waals surface area contributed by atoms with Crippen LogP contribution in [0.2, 0.25) is 0 Å². The predicted octanol–water partition coefficient (Wildman–Crippen LogP) is 4.97. The maximum Gasteiger partial charge on any atom is 0.0934 e. The van der Waals surface area contributed by atoms with Crippen LogP contribution in [0.1, 0.15) is 71.0 Å². The van der Waals surface area contributed by atoms with Crippen LogP contribution in [-0.2, 0) is 6.42 Å². The van der Waals surface area contributed by atoms with Crippen molar-refractivity contribution >= 4 is 11.3 Å². The second kappa shape index (κ2) is 7.56. The van der Waals surface area contributed by atoms with Crippen molar-refractivity contribution in [2.45, 2.75) is 79.2 Å². The molecule has 0 aromatic carbocycles. The number of unbranched alkanes of at least 4 members (excludes halogenated alkanes) is 1. The van der Waals surface area contributed by atoms with Crippen molar-refractivity contribution < 1.29 is 0 Å². The first-order valence-electron chi connectivity index (χ1n) is 7.96. The summed E-state index contributed by atoms with van der Waals surface area (Å²) in [5.74, 6) is 0. The molecule has 1 rings (SSSR count). The SMILES string of the molecule is CCCCC(CC)(CNC(C)(C)C)Cc1nc(C)cs1. The molecule has 1 N–H and O–H groups in total. The van der Waals surface area contributed by atoms with Crippen LogP contribution < -0.4 is 5.32 Å². The number of aromatic nitrogens is 1. The van der Waals surface area contributed by atoms with Gasteiger partial charge in [-0.1, -0.05) is 26.7 Å². The summed E-state index contributed by atoms with van der Waals surface area (Å²) in [6, 6.07) is 0. The molecule has 1 aromatic heterocycles. The highest BCUT2D eigenvalue weighted by Gasteiger charge is 2.30. The lowest BCUT2D eigenvalue weighted by molar-refractivity contribution is 0.206. The molecule has 0 aliphatic rings. The summed E-state index contributed by atoms with van der Waals surface area (Å²) < 4.78 is 0. The van der Waals surface area contributed by atoms with Crippen LogP contribution in [0.4, 0.5) is 0 Å². The van der Waals surface area contributed by atoms with Gasteiger partial charge in [0, 0.05) is 29.6 Å². The topological polar surface area (TPSA) is 24.9 Å². The molecule has 0 aliphatic heterocycles. The van der Waals surface area contributed by atoms with Crippen molar-refractivity contribution in [2.24, 2.45) is 5.41 Å². The van der Waals surface area contributed by atoms with Gasteiger partial charge in [-0.2, -0.15) is 0 Å². The summed E-state index contributed by atoms with van der Waals surface area (Å²) >= 11 is 1.82. The summed E-state index contributed by atoms with van der Waals surface area (Å²) in [5, 5.41) is 7.20. The predicted molar refractivity (Wildman–Crippen MR) is 90.6 cm³/mol. The van der Waals surface area contributed by atoms with Crippen LogP contribution in [-0.4, -0.2) is 17.1 Å². The molecule has 0 saturated carbocycles. The first-order chi connectivity index (χ1) is 9.30. The van der Waals surface area contributed by atoms with Crippen LogP contribution in [0.3, 0.4) is 0 Å². The number of aryl methyl sites for hydroxylation is 1. The van der Waals surface area contributed by atoms with Crippen molar-refractivity contribution in [3.63, 3.8) is 0 Å². The van der Waals surface area contributed by atoms with Gasteiger partial charge in [-0.3, -0.25) is 0 Å². The van der Waals surface area contributed by atoms with Gasteiger partial charge < -0.3 is 5.32 Å². The van der Waals surface area contributed by atoms with Crippen molar-refractivity contribution in [1.29, 1.82) is 0 Å². The highest BCUT2D eigenvalue weighted by atomic mass is 32.1. The third kappa shape index (κ3) is 5.92. The van der Waals surface area contributed by atoms with Crippen molar-refractivity contribution in [3.05, 3.63) is 16.1 Å². The number of thiazole rings is 1. The molecule has 3 heteroatoms. The Balaban J connectivity index is 2.80. The van der Waals surface area contributed by atoms with E-state index in [1.165, 1.54) is 30.7 Å². The third-order valence-electron chi connectivity index (χ3n) is 4.00. The largest absolute Gasteiger partial charge is 0.312 e. The highest BCUT2D eigenvalue weighted by Crippen LogP contribution is 2.34. The minimum atomic E-state index is 0.186. The maximum absolute atomic E-state index is 4.69. The Bertz CT molecular complexity index is 392. The van der Waals surface area contributed by atoms with E-state index in [-0.39, 0.29) is 5.54 Å². The first-order valence-corrected chi connectivity index (χ1v) is 8.84. The Hall–Kier alpha value is -0.410. The van der Waals surface area contributed by atoms with Gasteiger partial charge in [0.15, 0.2) is 0 Å². The molecule has 0 bridgehead atoms. The normalized spacial score (nSPS) is 15.3. The van der Waals surface area contributed by atoms with Gasteiger partial charge in [0.1, 0.15) is 0 Å². The number of rotatable bonds is 8. The molecule has 0 saturated heterocycles. The molecule has 1 heterocycles. The van der Waals surface area contributed by atoms with E-state index < -0.39 is 0 Å². The summed E-state index contributed by atoms with van der Waals surface area (Å²) in [5.41, 5.74) is 1.70. The standard InChI is InChI=1S/C17H32N2S/c1-7-9-10-17(8-2,13-18-16(4,5)6)11-15-19-14(3)12-20-15/h12,18H,7-11,13H2,1-6H3. The average Bonchev–Trinajstić information content (AvgIpc) is 2.77. The molecule has 116 valence electrons. The van der Waals surface area contributed by atoms with Gasteiger partial charge in [0.2, 0.25) is 0 Å². The Morgan fingerprint density at radius 3 is 2.40 bits per heavy atom. The number of hydrogen-bond acceptors (Lipinski definition) is 3. The fourth-order valence-electron chi connectivity index (χ4n) is 2.48. The van der Waals surface area contributed by atoms with Crippen LogP contribution in [0, 0.1) is 12.3 Å². The molecular weight excluding hydrogens is 264 g/mol. The number of hydrogen-bond donors (Lipinski definition) is 1. The fourth-order valence-corrected chi connectivity index (χ4v) is 3.42. The van der Waals surface area contributed by atoms with E-state index in [0.29, 0.717) is 5.41 Å². The average molecular weight is 297 g/mol. The van der Waals surface area contributed by atoms with E-state index >= 15 is 0 Å². The minimum absolute atomic E-state index is 0.186. The monoisotopic (exact) mass is 296 g/mol. The van der Waals surface area contributed by atoms with Crippen molar-refractivity contribution in [3.8, 4) is 0 Å². The number of nitrogens with zero attached hydrogens (tertiary/aromatic N) is 1. The molecule has 1 unspecified atom stereocenters. The molecule has 0 spiro atoms. The second-order valence-corrected chi connectivity index (χ2v) is 8.06. The Labute approximate surface area is 129 Å². The maximum atomic E-state index is 4.69. The zero-order valence-electron chi connectivity index (χ0n) is 14.2. The highest BCUT2D eigenvalue weighted by molar-refractivity contribution is 7.09. The molecule has 20 heavy (non-hydrogen) atoms. The summed E-state index contributed by atoms with van der Waals surface area (Å²) in [7, 11) is 0. The lowest BCUT2D eigenvalue weighted by Gasteiger charge is -2.36. The van der Waals surface area contributed by atoms with Crippen molar-refractivity contribution in [1.82, 2.24) is 10.3 Å². The van der Waals surface area contributed by atoms with Gasteiger partial charge in [0.05, 0.1) is 5.01 Å². The fraction of sp³-hybridized carbons (Fsp3) is 0.824. The van der Waals surface area contributed by atoms with E-state index in [4.69, 9.17) is 0 Å². The van der Waals surface area contributed by atoms with Gasteiger partial charge in [-0.05, 0) is 46.0 Å². The summed E-state index contributed by atoms with van der Waals surface area (Å²) in [6.07, 6.45) is 6.21. The minimum Gasteiger partial charge on any atom is -0.312 e. The van der Waals surface area contributed by atoms with Crippen LogP contribution in [0.15, 0.2) is 5.38 Å². The molecule has 1 aromatic rings. The summed E-state index contributed by atoms with van der Waals surface area (Å²) in [4.78, 5) is 4.69. The van der Waals surface area contributed by atoms with E-state index in [0.717, 1.165) is 18.7 Å². The molecule has 1 atom stereocenters. The van der Waals surface area contributed by atoms with Crippen molar-refractivity contribution in [2.75, 3.05) is 6.54 Å². The smallest absolute Gasteiger partial charge is 0.0934 e. The van der Waals surface area contributed by atoms with Gasteiger partial charge >= 0.3 is 0 Å². The van der Waals surface area contributed by atoms with Gasteiger partial charge in [-0.15, -0.1) is 11.3 Å². The van der Waals surface area contributed by atoms with E-state index in [9.17, 15) is 0 Å². The Morgan fingerprint density at radius 2 is 1.95 bits per heavy atom. The van der Waals surface area contributed by atoms with E-state index in [2.05, 4.69) is 57.2 Å². The first kappa shape index (κ1) is 17.6.